The van der Waals surface area contributed by atoms with E-state index in [1.54, 1.807) is 12.1 Å². The van der Waals surface area contributed by atoms with Gasteiger partial charge in [0.15, 0.2) is 0 Å². The first-order chi connectivity index (χ1) is 10.6. The maximum absolute atomic E-state index is 12.9. The number of carbonyl (C=O) groups excluding carboxylic acids is 1. The molecule has 1 saturated carbocycles. The highest BCUT2D eigenvalue weighted by molar-refractivity contribution is 6.30. The van der Waals surface area contributed by atoms with Gasteiger partial charge in [0.2, 0.25) is 5.91 Å². The number of rotatable bonds is 5. The SMILES string of the molecule is O=C(NCc1ccc(F)cc1)C(c1ccc(Cl)cc1)C1CC1. The zero-order valence-electron chi connectivity index (χ0n) is 12.1. The van der Waals surface area contributed by atoms with Crippen molar-refractivity contribution in [3.05, 3.63) is 70.5 Å². The molecule has 1 aliphatic rings. The van der Waals surface area contributed by atoms with E-state index < -0.39 is 0 Å². The van der Waals surface area contributed by atoms with Crippen LogP contribution in [0.3, 0.4) is 0 Å². The number of amides is 1. The Morgan fingerprint density at radius 1 is 1.14 bits per heavy atom. The summed E-state index contributed by atoms with van der Waals surface area (Å²) < 4.78 is 12.9. The van der Waals surface area contributed by atoms with Crippen LogP contribution in [0.1, 0.15) is 29.9 Å². The first-order valence-electron chi connectivity index (χ1n) is 7.41. The lowest BCUT2D eigenvalue weighted by Gasteiger charge is -2.17. The molecule has 4 heteroatoms. The molecule has 2 aromatic carbocycles. The number of benzene rings is 2. The summed E-state index contributed by atoms with van der Waals surface area (Å²) in [5, 5.41) is 3.63. The summed E-state index contributed by atoms with van der Waals surface area (Å²) in [5.74, 6) is 0.0355. The molecule has 114 valence electrons. The van der Waals surface area contributed by atoms with Crippen molar-refractivity contribution in [2.75, 3.05) is 0 Å². The van der Waals surface area contributed by atoms with Crippen LogP contribution in [0.2, 0.25) is 5.02 Å². The highest BCUT2D eigenvalue weighted by Gasteiger charge is 2.37. The van der Waals surface area contributed by atoms with Crippen LogP contribution in [-0.4, -0.2) is 5.91 Å². The van der Waals surface area contributed by atoms with Gasteiger partial charge < -0.3 is 5.32 Å². The molecule has 0 heterocycles. The van der Waals surface area contributed by atoms with E-state index in [1.165, 1.54) is 12.1 Å². The van der Waals surface area contributed by atoms with Gasteiger partial charge in [-0.05, 0) is 54.2 Å². The van der Waals surface area contributed by atoms with Crippen molar-refractivity contribution >= 4 is 17.5 Å². The zero-order chi connectivity index (χ0) is 15.5. The minimum atomic E-state index is -0.271. The fraction of sp³-hybridized carbons (Fsp3) is 0.278. The third kappa shape index (κ3) is 3.66. The molecule has 0 aromatic heterocycles. The second-order valence-electron chi connectivity index (χ2n) is 5.71. The molecule has 1 N–H and O–H groups in total. The summed E-state index contributed by atoms with van der Waals surface area (Å²) >= 11 is 5.91. The first kappa shape index (κ1) is 15.0. The van der Waals surface area contributed by atoms with Crippen LogP contribution in [-0.2, 0) is 11.3 Å². The quantitative estimate of drug-likeness (QED) is 0.875. The molecule has 1 fully saturated rings. The van der Waals surface area contributed by atoms with Crippen molar-refractivity contribution in [1.29, 1.82) is 0 Å². The molecule has 3 rings (SSSR count). The molecule has 0 saturated heterocycles. The van der Waals surface area contributed by atoms with Crippen molar-refractivity contribution in [2.45, 2.75) is 25.3 Å². The second kappa shape index (κ2) is 6.49. The van der Waals surface area contributed by atoms with Gasteiger partial charge in [-0.25, -0.2) is 4.39 Å². The zero-order valence-corrected chi connectivity index (χ0v) is 12.8. The lowest BCUT2D eigenvalue weighted by molar-refractivity contribution is -0.123. The van der Waals surface area contributed by atoms with E-state index in [1.807, 2.05) is 24.3 Å². The van der Waals surface area contributed by atoms with Crippen LogP contribution < -0.4 is 5.32 Å². The molecule has 22 heavy (non-hydrogen) atoms. The van der Waals surface area contributed by atoms with Gasteiger partial charge in [-0.1, -0.05) is 35.9 Å². The fourth-order valence-electron chi connectivity index (χ4n) is 2.64. The van der Waals surface area contributed by atoms with Crippen LogP contribution in [0, 0.1) is 11.7 Å². The number of halogens is 2. The third-order valence-electron chi connectivity index (χ3n) is 3.99. The largest absolute Gasteiger partial charge is 0.351 e. The minimum Gasteiger partial charge on any atom is -0.351 e. The average molecular weight is 318 g/mol. The van der Waals surface area contributed by atoms with Crippen LogP contribution in [0.4, 0.5) is 4.39 Å². The summed E-state index contributed by atoms with van der Waals surface area (Å²) in [4.78, 5) is 12.5. The number of carbonyl (C=O) groups is 1. The molecule has 0 spiro atoms. The van der Waals surface area contributed by atoms with Crippen molar-refractivity contribution in [3.63, 3.8) is 0 Å². The lowest BCUT2D eigenvalue weighted by atomic mass is 9.93. The van der Waals surface area contributed by atoms with E-state index in [2.05, 4.69) is 5.32 Å². The molecule has 1 amide bonds. The molecule has 0 bridgehead atoms. The Morgan fingerprint density at radius 2 is 1.77 bits per heavy atom. The lowest BCUT2D eigenvalue weighted by Crippen LogP contribution is -2.30. The van der Waals surface area contributed by atoms with Crippen LogP contribution in [0.25, 0.3) is 0 Å². The highest BCUT2D eigenvalue weighted by Crippen LogP contribution is 2.43. The number of nitrogens with one attached hydrogen (secondary N) is 1. The van der Waals surface area contributed by atoms with Gasteiger partial charge >= 0.3 is 0 Å². The summed E-state index contributed by atoms with van der Waals surface area (Å²) in [6.07, 6.45) is 2.16. The van der Waals surface area contributed by atoms with Crippen LogP contribution in [0.5, 0.6) is 0 Å². The Morgan fingerprint density at radius 3 is 2.36 bits per heavy atom. The van der Waals surface area contributed by atoms with E-state index in [9.17, 15) is 9.18 Å². The van der Waals surface area contributed by atoms with Crippen molar-refractivity contribution in [1.82, 2.24) is 5.32 Å². The standard InChI is InChI=1S/C18H17ClFNO/c19-15-7-5-14(6-8-15)17(13-3-4-13)18(22)21-11-12-1-9-16(20)10-2-12/h1-2,5-10,13,17H,3-4,11H2,(H,21,22). The average Bonchev–Trinajstić information content (AvgIpc) is 3.34. The Bertz CT molecular complexity index is 650. The summed E-state index contributed by atoms with van der Waals surface area (Å²) in [6, 6.07) is 13.6. The predicted molar refractivity (Wildman–Crippen MR) is 85.2 cm³/mol. The summed E-state index contributed by atoms with van der Waals surface area (Å²) in [5.41, 5.74) is 1.89. The third-order valence-corrected chi connectivity index (χ3v) is 4.24. The Hall–Kier alpha value is -1.87. The van der Waals surface area contributed by atoms with Crippen LogP contribution in [0.15, 0.2) is 48.5 Å². The molecule has 2 nitrogen and oxygen atoms in total. The van der Waals surface area contributed by atoms with Gasteiger partial charge in [-0.15, -0.1) is 0 Å². The topological polar surface area (TPSA) is 29.1 Å². The maximum Gasteiger partial charge on any atom is 0.228 e. The Kier molecular flexibility index (Phi) is 4.44. The van der Waals surface area contributed by atoms with Gasteiger partial charge in [0, 0.05) is 11.6 Å². The minimum absolute atomic E-state index is 0.0224. The fourth-order valence-corrected chi connectivity index (χ4v) is 2.76. The van der Waals surface area contributed by atoms with Gasteiger partial charge in [0.25, 0.3) is 0 Å². The van der Waals surface area contributed by atoms with Crippen molar-refractivity contribution < 1.29 is 9.18 Å². The number of hydrogen-bond acceptors (Lipinski definition) is 1. The van der Waals surface area contributed by atoms with Crippen LogP contribution >= 0.6 is 11.6 Å². The highest BCUT2D eigenvalue weighted by atomic mass is 35.5. The predicted octanol–water partition coefficient (Wildman–Crippen LogP) is 4.29. The smallest absolute Gasteiger partial charge is 0.228 e. The molecule has 1 aliphatic carbocycles. The molecular weight excluding hydrogens is 301 g/mol. The maximum atomic E-state index is 12.9. The van der Waals surface area contributed by atoms with E-state index in [0.717, 1.165) is 24.0 Å². The monoisotopic (exact) mass is 317 g/mol. The Balaban J connectivity index is 1.68. The van der Waals surface area contributed by atoms with Gasteiger partial charge in [-0.2, -0.15) is 0 Å². The van der Waals surface area contributed by atoms with Crippen molar-refractivity contribution in [2.24, 2.45) is 5.92 Å². The molecule has 2 aromatic rings. The molecular formula is C18H17ClFNO. The van der Waals surface area contributed by atoms with E-state index in [-0.39, 0.29) is 17.6 Å². The van der Waals surface area contributed by atoms with Gasteiger partial charge in [0.05, 0.1) is 5.92 Å². The van der Waals surface area contributed by atoms with E-state index >= 15 is 0 Å². The number of hydrogen-bond donors (Lipinski definition) is 1. The van der Waals surface area contributed by atoms with Crippen molar-refractivity contribution in [3.8, 4) is 0 Å². The molecule has 0 radical (unpaired) electrons. The molecule has 1 atom stereocenters. The summed E-state index contributed by atoms with van der Waals surface area (Å²) in [7, 11) is 0. The summed E-state index contributed by atoms with van der Waals surface area (Å²) in [6.45, 7) is 0.413. The van der Waals surface area contributed by atoms with Gasteiger partial charge in [-0.3, -0.25) is 4.79 Å². The van der Waals surface area contributed by atoms with E-state index in [4.69, 9.17) is 11.6 Å². The van der Waals surface area contributed by atoms with E-state index in [0.29, 0.717) is 17.5 Å². The molecule has 0 aliphatic heterocycles. The molecule has 1 unspecified atom stereocenters. The first-order valence-corrected chi connectivity index (χ1v) is 7.79. The van der Waals surface area contributed by atoms with Gasteiger partial charge in [0.1, 0.15) is 5.82 Å². The second-order valence-corrected chi connectivity index (χ2v) is 6.15. The Labute approximate surface area is 134 Å². The normalized spacial score (nSPS) is 15.4.